The Kier molecular flexibility index (Phi) is 7.50. The van der Waals surface area contributed by atoms with Crippen LogP contribution < -0.4 is 21.3 Å². The molecule has 0 aliphatic carbocycles. The largest absolute Gasteiger partial charge is 0.497 e. The van der Waals surface area contributed by atoms with E-state index < -0.39 is 0 Å². The van der Waals surface area contributed by atoms with Gasteiger partial charge in [-0.1, -0.05) is 53.7 Å². The predicted octanol–water partition coefficient (Wildman–Crippen LogP) is 2.55. The number of hydrogen-bond acceptors (Lipinski definition) is 8. The monoisotopic (exact) mass is 439 g/mol. The second-order valence-corrected chi connectivity index (χ2v) is 7.71. The van der Waals surface area contributed by atoms with Crippen LogP contribution in [0.2, 0.25) is 0 Å². The van der Waals surface area contributed by atoms with Crippen LogP contribution in [0.25, 0.3) is 0 Å². The average molecular weight is 440 g/mol. The number of amides is 1. The third kappa shape index (κ3) is 6.22. The van der Waals surface area contributed by atoms with Crippen molar-refractivity contribution in [2.24, 2.45) is 5.10 Å². The van der Waals surface area contributed by atoms with Crippen molar-refractivity contribution >= 4 is 29.3 Å². The molecule has 0 aliphatic heterocycles. The van der Waals surface area contributed by atoms with Crippen LogP contribution in [-0.2, 0) is 11.3 Å². The molecule has 0 bridgehead atoms. The van der Waals surface area contributed by atoms with E-state index in [1.165, 1.54) is 22.0 Å². The lowest BCUT2D eigenvalue weighted by molar-refractivity contribution is -0.118. The first-order valence-electron chi connectivity index (χ1n) is 9.56. The molecule has 0 unspecified atom stereocenters. The van der Waals surface area contributed by atoms with Crippen LogP contribution in [0.5, 0.6) is 5.75 Å². The van der Waals surface area contributed by atoms with Gasteiger partial charge in [0.25, 0.3) is 5.95 Å². The Labute approximate surface area is 185 Å². The van der Waals surface area contributed by atoms with E-state index in [0.29, 0.717) is 11.7 Å². The zero-order chi connectivity index (χ0) is 22.2. The SMILES string of the molecule is COc1cccc(/C(C)=N/Nc2nnc(SCC(=O)NCc3ccc(C)cc3)n2N)c1. The van der Waals surface area contributed by atoms with Crippen LogP contribution in [-0.4, -0.2) is 39.4 Å². The number of methoxy groups -OCH3 is 1. The lowest BCUT2D eigenvalue weighted by Gasteiger charge is -2.06. The Morgan fingerprint density at radius 3 is 2.74 bits per heavy atom. The third-order valence-corrected chi connectivity index (χ3v) is 5.36. The molecule has 0 saturated heterocycles. The Hall–Kier alpha value is -3.53. The predicted molar refractivity (Wildman–Crippen MR) is 123 cm³/mol. The minimum absolute atomic E-state index is 0.116. The second-order valence-electron chi connectivity index (χ2n) is 6.77. The van der Waals surface area contributed by atoms with Gasteiger partial charge in [0.15, 0.2) is 0 Å². The zero-order valence-electron chi connectivity index (χ0n) is 17.6. The molecule has 0 saturated carbocycles. The average Bonchev–Trinajstić information content (AvgIpc) is 3.14. The van der Waals surface area contributed by atoms with Gasteiger partial charge >= 0.3 is 0 Å². The van der Waals surface area contributed by atoms with E-state index in [4.69, 9.17) is 10.6 Å². The molecular formula is C21H25N7O2S. The fraction of sp³-hybridized carbons (Fsp3) is 0.238. The van der Waals surface area contributed by atoms with E-state index in [1.54, 1.807) is 7.11 Å². The number of rotatable bonds is 9. The molecule has 10 heteroatoms. The van der Waals surface area contributed by atoms with Crippen LogP contribution in [0, 0.1) is 6.92 Å². The maximum absolute atomic E-state index is 12.1. The molecular weight excluding hydrogens is 414 g/mol. The molecule has 0 fully saturated rings. The molecule has 31 heavy (non-hydrogen) atoms. The van der Waals surface area contributed by atoms with Crippen molar-refractivity contribution in [1.29, 1.82) is 0 Å². The standard InChI is InChI=1S/C21H25N7O2S/c1-14-7-9-16(10-8-14)12-23-19(29)13-31-21-27-26-20(28(21)22)25-24-15(2)17-5-4-6-18(11-17)30-3/h4-11H,12-13,22H2,1-3H3,(H,23,29)(H,25,26)/b24-15+. The fourth-order valence-electron chi connectivity index (χ4n) is 2.59. The van der Waals surface area contributed by atoms with Gasteiger partial charge in [0.1, 0.15) is 5.75 Å². The van der Waals surface area contributed by atoms with Gasteiger partial charge in [-0.2, -0.15) is 5.10 Å². The van der Waals surface area contributed by atoms with Crippen molar-refractivity contribution in [3.63, 3.8) is 0 Å². The van der Waals surface area contributed by atoms with Gasteiger partial charge in [0.2, 0.25) is 11.1 Å². The van der Waals surface area contributed by atoms with Crippen molar-refractivity contribution in [2.75, 3.05) is 24.1 Å². The number of aromatic nitrogens is 3. The highest BCUT2D eigenvalue weighted by molar-refractivity contribution is 7.99. The first kappa shape index (κ1) is 22.2. The molecule has 9 nitrogen and oxygen atoms in total. The maximum atomic E-state index is 12.1. The number of nitrogens with one attached hydrogen (secondary N) is 2. The van der Waals surface area contributed by atoms with Crippen LogP contribution in [0.15, 0.2) is 58.8 Å². The number of benzene rings is 2. The van der Waals surface area contributed by atoms with E-state index in [2.05, 4.69) is 26.0 Å². The normalized spacial score (nSPS) is 11.3. The Balaban J connectivity index is 1.52. The van der Waals surface area contributed by atoms with Gasteiger partial charge in [-0.15, -0.1) is 10.2 Å². The summed E-state index contributed by atoms with van der Waals surface area (Å²) in [7, 11) is 1.61. The minimum Gasteiger partial charge on any atom is -0.497 e. The summed E-state index contributed by atoms with van der Waals surface area (Å²) in [6.07, 6.45) is 0. The molecule has 0 radical (unpaired) electrons. The topological polar surface area (TPSA) is 119 Å². The number of ether oxygens (including phenoxy) is 1. The molecule has 0 atom stereocenters. The highest BCUT2D eigenvalue weighted by atomic mass is 32.2. The van der Waals surface area contributed by atoms with E-state index in [9.17, 15) is 4.79 Å². The number of nitrogens with two attached hydrogens (primary N) is 1. The van der Waals surface area contributed by atoms with Crippen molar-refractivity contribution < 1.29 is 9.53 Å². The van der Waals surface area contributed by atoms with Crippen LogP contribution in [0.1, 0.15) is 23.6 Å². The molecule has 3 rings (SSSR count). The van der Waals surface area contributed by atoms with Crippen LogP contribution in [0.4, 0.5) is 5.95 Å². The summed E-state index contributed by atoms with van der Waals surface area (Å²) in [6.45, 7) is 4.35. The molecule has 1 aromatic heterocycles. The molecule has 2 aromatic carbocycles. The first-order chi connectivity index (χ1) is 15.0. The summed E-state index contributed by atoms with van der Waals surface area (Å²) in [5.74, 6) is 7.10. The van der Waals surface area contributed by atoms with E-state index in [-0.39, 0.29) is 17.6 Å². The minimum atomic E-state index is -0.116. The second kappa shape index (κ2) is 10.5. The summed E-state index contributed by atoms with van der Waals surface area (Å²) in [6, 6.07) is 15.6. The summed E-state index contributed by atoms with van der Waals surface area (Å²) in [5, 5.41) is 15.6. The van der Waals surface area contributed by atoms with Crippen molar-refractivity contribution in [3.8, 4) is 5.75 Å². The summed E-state index contributed by atoms with van der Waals surface area (Å²) in [5.41, 5.74) is 6.66. The highest BCUT2D eigenvalue weighted by Gasteiger charge is 2.12. The van der Waals surface area contributed by atoms with Gasteiger partial charge in [0.05, 0.1) is 18.6 Å². The van der Waals surface area contributed by atoms with E-state index >= 15 is 0 Å². The Bertz CT molecular complexity index is 1060. The number of anilines is 1. The molecule has 0 spiro atoms. The number of nitrogens with zero attached hydrogens (tertiary/aromatic N) is 4. The van der Waals surface area contributed by atoms with Gasteiger partial charge < -0.3 is 15.9 Å². The number of nitrogen functional groups attached to an aromatic ring is 1. The summed E-state index contributed by atoms with van der Waals surface area (Å²) < 4.78 is 6.49. The smallest absolute Gasteiger partial charge is 0.264 e. The van der Waals surface area contributed by atoms with Gasteiger partial charge in [-0.3, -0.25) is 4.79 Å². The Morgan fingerprint density at radius 1 is 1.23 bits per heavy atom. The molecule has 162 valence electrons. The lowest BCUT2D eigenvalue weighted by atomic mass is 10.1. The van der Waals surface area contributed by atoms with Crippen molar-refractivity contribution in [2.45, 2.75) is 25.5 Å². The molecule has 1 heterocycles. The van der Waals surface area contributed by atoms with Gasteiger partial charge in [-0.25, -0.2) is 10.1 Å². The zero-order valence-corrected chi connectivity index (χ0v) is 18.4. The number of aryl methyl sites for hydroxylation is 1. The van der Waals surface area contributed by atoms with E-state index in [1.807, 2.05) is 62.4 Å². The summed E-state index contributed by atoms with van der Waals surface area (Å²) in [4.78, 5) is 12.1. The summed E-state index contributed by atoms with van der Waals surface area (Å²) >= 11 is 1.20. The fourth-order valence-corrected chi connectivity index (χ4v) is 3.27. The molecule has 4 N–H and O–H groups in total. The number of carbonyl (C=O) groups is 1. The lowest BCUT2D eigenvalue weighted by Crippen LogP contribution is -2.25. The van der Waals surface area contributed by atoms with Gasteiger partial charge in [-0.05, 0) is 31.5 Å². The molecule has 0 aliphatic rings. The molecule has 3 aromatic rings. The first-order valence-corrected chi connectivity index (χ1v) is 10.5. The van der Waals surface area contributed by atoms with Crippen molar-refractivity contribution in [3.05, 3.63) is 65.2 Å². The Morgan fingerprint density at radius 2 is 2.00 bits per heavy atom. The highest BCUT2D eigenvalue weighted by Crippen LogP contribution is 2.17. The number of carbonyl (C=O) groups excluding carboxylic acids is 1. The number of hydrogen-bond donors (Lipinski definition) is 3. The van der Waals surface area contributed by atoms with Crippen LogP contribution >= 0.6 is 11.8 Å². The third-order valence-electron chi connectivity index (χ3n) is 4.42. The van der Waals surface area contributed by atoms with Crippen molar-refractivity contribution in [1.82, 2.24) is 20.2 Å². The van der Waals surface area contributed by atoms with E-state index in [0.717, 1.165) is 22.6 Å². The molecule has 1 amide bonds. The quantitative estimate of drug-likeness (QED) is 0.203. The van der Waals surface area contributed by atoms with Crippen LogP contribution in [0.3, 0.4) is 0 Å². The van der Waals surface area contributed by atoms with Gasteiger partial charge in [0, 0.05) is 12.1 Å². The number of thioether (sulfide) groups is 1. The number of hydrazone groups is 1. The maximum Gasteiger partial charge on any atom is 0.264 e.